The minimum absolute atomic E-state index is 0.620. The molecule has 2 aromatic rings. The first-order chi connectivity index (χ1) is 9.76. The van der Waals surface area contributed by atoms with Gasteiger partial charge in [-0.1, -0.05) is 12.1 Å². The number of anilines is 1. The van der Waals surface area contributed by atoms with Crippen LogP contribution in [0.4, 0.5) is 5.69 Å². The summed E-state index contributed by atoms with van der Waals surface area (Å²) in [7, 11) is 1.66. The molecule has 1 aromatic heterocycles. The van der Waals surface area contributed by atoms with Crippen molar-refractivity contribution in [3.8, 4) is 11.5 Å². The molecule has 4 nitrogen and oxygen atoms in total. The summed E-state index contributed by atoms with van der Waals surface area (Å²) in [6, 6.07) is 7.90. The monoisotopic (exact) mass is 272 g/mol. The Morgan fingerprint density at radius 2 is 2.10 bits per heavy atom. The molecule has 0 saturated carbocycles. The number of benzene rings is 1. The summed E-state index contributed by atoms with van der Waals surface area (Å²) in [5.74, 6) is 1.56. The fourth-order valence-electron chi connectivity index (χ4n) is 2.04. The average molecular weight is 272 g/mol. The molecule has 0 amide bonds. The summed E-state index contributed by atoms with van der Waals surface area (Å²) in [6.07, 6.45) is 3.62. The molecular weight excluding hydrogens is 252 g/mol. The van der Waals surface area contributed by atoms with Crippen LogP contribution in [0.1, 0.15) is 18.1 Å². The second-order valence-electron chi connectivity index (χ2n) is 4.43. The minimum Gasteiger partial charge on any atom is -0.493 e. The van der Waals surface area contributed by atoms with Crippen LogP contribution in [0.2, 0.25) is 0 Å². The van der Waals surface area contributed by atoms with Crippen LogP contribution in [-0.4, -0.2) is 18.7 Å². The third kappa shape index (κ3) is 3.20. The lowest BCUT2D eigenvalue weighted by atomic mass is 10.1. The highest BCUT2D eigenvalue weighted by molar-refractivity contribution is 5.52. The van der Waals surface area contributed by atoms with E-state index in [0.29, 0.717) is 13.2 Å². The van der Waals surface area contributed by atoms with Gasteiger partial charge >= 0.3 is 0 Å². The molecular formula is C16H20N2O2. The first-order valence-corrected chi connectivity index (χ1v) is 6.69. The summed E-state index contributed by atoms with van der Waals surface area (Å²) in [5.41, 5.74) is 3.25. The van der Waals surface area contributed by atoms with E-state index in [1.165, 1.54) is 5.56 Å². The third-order valence-electron chi connectivity index (χ3n) is 3.07. The SMILES string of the molecule is CCOc1cccc(CNc2cnccc2C)c1OC. The van der Waals surface area contributed by atoms with Gasteiger partial charge in [-0.25, -0.2) is 0 Å². The Balaban J connectivity index is 2.17. The van der Waals surface area contributed by atoms with Gasteiger partial charge in [-0.3, -0.25) is 4.98 Å². The highest BCUT2D eigenvalue weighted by atomic mass is 16.5. The van der Waals surface area contributed by atoms with Crippen LogP contribution in [0.15, 0.2) is 36.7 Å². The molecule has 2 rings (SSSR count). The topological polar surface area (TPSA) is 43.4 Å². The molecule has 0 spiro atoms. The Morgan fingerprint density at radius 3 is 2.80 bits per heavy atom. The van der Waals surface area contributed by atoms with E-state index in [4.69, 9.17) is 9.47 Å². The van der Waals surface area contributed by atoms with E-state index in [1.54, 1.807) is 13.3 Å². The predicted molar refractivity (Wildman–Crippen MR) is 80.5 cm³/mol. The van der Waals surface area contributed by atoms with Crippen LogP contribution >= 0.6 is 0 Å². The van der Waals surface area contributed by atoms with Crippen LogP contribution in [0.5, 0.6) is 11.5 Å². The summed E-state index contributed by atoms with van der Waals surface area (Å²) in [6.45, 7) is 5.30. The van der Waals surface area contributed by atoms with Gasteiger partial charge in [-0.05, 0) is 31.5 Å². The van der Waals surface area contributed by atoms with E-state index in [9.17, 15) is 0 Å². The minimum atomic E-state index is 0.620. The van der Waals surface area contributed by atoms with E-state index >= 15 is 0 Å². The maximum absolute atomic E-state index is 5.58. The molecule has 0 unspecified atom stereocenters. The van der Waals surface area contributed by atoms with Crippen LogP contribution in [0, 0.1) is 6.92 Å². The molecule has 0 saturated heterocycles. The van der Waals surface area contributed by atoms with Gasteiger partial charge in [-0.15, -0.1) is 0 Å². The molecule has 0 radical (unpaired) electrons. The Kier molecular flexibility index (Phi) is 4.82. The van der Waals surface area contributed by atoms with E-state index < -0.39 is 0 Å². The highest BCUT2D eigenvalue weighted by Crippen LogP contribution is 2.31. The third-order valence-corrected chi connectivity index (χ3v) is 3.07. The molecule has 20 heavy (non-hydrogen) atoms. The highest BCUT2D eigenvalue weighted by Gasteiger charge is 2.10. The van der Waals surface area contributed by atoms with Gasteiger partial charge < -0.3 is 14.8 Å². The lowest BCUT2D eigenvalue weighted by molar-refractivity contribution is 0.309. The second-order valence-corrected chi connectivity index (χ2v) is 4.43. The van der Waals surface area contributed by atoms with Gasteiger partial charge in [0.15, 0.2) is 11.5 Å². The van der Waals surface area contributed by atoms with Gasteiger partial charge in [0.25, 0.3) is 0 Å². The van der Waals surface area contributed by atoms with Gasteiger partial charge in [0, 0.05) is 18.3 Å². The second kappa shape index (κ2) is 6.80. The van der Waals surface area contributed by atoms with Crippen molar-refractivity contribution in [3.63, 3.8) is 0 Å². The molecule has 0 aliphatic heterocycles. The lowest BCUT2D eigenvalue weighted by Crippen LogP contribution is -2.05. The number of methoxy groups -OCH3 is 1. The average Bonchev–Trinajstić information content (AvgIpc) is 2.47. The molecule has 1 heterocycles. The molecule has 4 heteroatoms. The Hall–Kier alpha value is -2.23. The largest absolute Gasteiger partial charge is 0.493 e. The molecule has 0 aliphatic carbocycles. The van der Waals surface area contributed by atoms with Crippen LogP contribution in [-0.2, 0) is 6.54 Å². The Labute approximate surface area is 119 Å². The molecule has 0 aliphatic rings. The van der Waals surface area contributed by atoms with Crippen molar-refractivity contribution in [3.05, 3.63) is 47.8 Å². The van der Waals surface area contributed by atoms with E-state index in [1.807, 2.05) is 37.4 Å². The number of hydrogen-bond acceptors (Lipinski definition) is 4. The number of rotatable bonds is 6. The standard InChI is InChI=1S/C16H20N2O2/c1-4-20-15-7-5-6-13(16(15)19-3)10-18-14-11-17-9-8-12(14)2/h5-9,11,18H,4,10H2,1-3H3. The lowest BCUT2D eigenvalue weighted by Gasteiger charge is -2.15. The Morgan fingerprint density at radius 1 is 1.25 bits per heavy atom. The number of ether oxygens (including phenoxy) is 2. The smallest absolute Gasteiger partial charge is 0.165 e. The van der Waals surface area contributed by atoms with Crippen molar-refractivity contribution in [2.24, 2.45) is 0 Å². The molecule has 1 N–H and O–H groups in total. The normalized spacial score (nSPS) is 10.2. The Bertz CT molecular complexity index is 570. The fourth-order valence-corrected chi connectivity index (χ4v) is 2.04. The van der Waals surface area contributed by atoms with Crippen molar-refractivity contribution in [1.82, 2.24) is 4.98 Å². The van der Waals surface area contributed by atoms with Crippen LogP contribution < -0.4 is 14.8 Å². The van der Waals surface area contributed by atoms with Crippen LogP contribution in [0.25, 0.3) is 0 Å². The maximum Gasteiger partial charge on any atom is 0.165 e. The number of aryl methyl sites for hydroxylation is 1. The van der Waals surface area contributed by atoms with Gasteiger partial charge in [-0.2, -0.15) is 0 Å². The van der Waals surface area contributed by atoms with E-state index in [2.05, 4.69) is 17.2 Å². The van der Waals surface area contributed by atoms with Crippen molar-refractivity contribution in [2.75, 3.05) is 19.0 Å². The molecule has 0 atom stereocenters. The number of pyridine rings is 1. The maximum atomic E-state index is 5.58. The van der Waals surface area contributed by atoms with Gasteiger partial charge in [0.05, 0.1) is 25.6 Å². The molecule has 0 bridgehead atoms. The summed E-state index contributed by atoms with van der Waals surface area (Å²) >= 11 is 0. The quantitative estimate of drug-likeness (QED) is 0.875. The predicted octanol–water partition coefficient (Wildman–Crippen LogP) is 3.41. The molecule has 0 fully saturated rings. The first kappa shape index (κ1) is 14.2. The van der Waals surface area contributed by atoms with Crippen molar-refractivity contribution in [1.29, 1.82) is 0 Å². The zero-order valence-corrected chi connectivity index (χ0v) is 12.1. The summed E-state index contributed by atoms with van der Waals surface area (Å²) in [4.78, 5) is 4.13. The summed E-state index contributed by atoms with van der Waals surface area (Å²) in [5, 5.41) is 3.38. The number of nitrogens with one attached hydrogen (secondary N) is 1. The van der Waals surface area contributed by atoms with Crippen LogP contribution in [0.3, 0.4) is 0 Å². The molecule has 106 valence electrons. The van der Waals surface area contributed by atoms with Gasteiger partial charge in [0.2, 0.25) is 0 Å². The fraction of sp³-hybridized carbons (Fsp3) is 0.312. The first-order valence-electron chi connectivity index (χ1n) is 6.69. The number of aromatic nitrogens is 1. The zero-order valence-electron chi connectivity index (χ0n) is 12.1. The van der Waals surface area contributed by atoms with E-state index in [-0.39, 0.29) is 0 Å². The number of nitrogens with zero attached hydrogens (tertiary/aromatic N) is 1. The number of hydrogen-bond donors (Lipinski definition) is 1. The number of para-hydroxylation sites is 1. The zero-order chi connectivity index (χ0) is 14.4. The van der Waals surface area contributed by atoms with Crippen molar-refractivity contribution >= 4 is 5.69 Å². The van der Waals surface area contributed by atoms with Crippen molar-refractivity contribution < 1.29 is 9.47 Å². The van der Waals surface area contributed by atoms with E-state index in [0.717, 1.165) is 22.7 Å². The van der Waals surface area contributed by atoms with Gasteiger partial charge in [0.1, 0.15) is 0 Å². The molecule has 1 aromatic carbocycles. The van der Waals surface area contributed by atoms with Crippen molar-refractivity contribution in [2.45, 2.75) is 20.4 Å². The summed E-state index contributed by atoms with van der Waals surface area (Å²) < 4.78 is 11.0.